The summed E-state index contributed by atoms with van der Waals surface area (Å²) in [6, 6.07) is 27.9. The molecule has 5 aromatic rings. The van der Waals surface area contributed by atoms with E-state index in [4.69, 9.17) is 11.6 Å². The second-order valence-electron chi connectivity index (χ2n) is 6.78. The number of rotatable bonds is 4. The molecule has 30 heavy (non-hydrogen) atoms. The Morgan fingerprint density at radius 2 is 1.47 bits per heavy atom. The number of imidazole rings is 1. The maximum atomic E-state index is 6.04. The van der Waals surface area contributed by atoms with Crippen molar-refractivity contribution in [3.63, 3.8) is 0 Å². The van der Waals surface area contributed by atoms with Gasteiger partial charge >= 0.3 is 0 Å². The number of nitrogens with zero attached hydrogens (tertiary/aromatic N) is 4. The van der Waals surface area contributed by atoms with Gasteiger partial charge in [0.15, 0.2) is 5.82 Å². The fourth-order valence-corrected chi connectivity index (χ4v) is 3.66. The van der Waals surface area contributed by atoms with Gasteiger partial charge in [0.05, 0.1) is 0 Å². The zero-order chi connectivity index (χ0) is 20.3. The van der Waals surface area contributed by atoms with Crippen LogP contribution in [0, 0.1) is 0 Å². The second-order valence-corrected chi connectivity index (χ2v) is 7.21. The van der Waals surface area contributed by atoms with E-state index in [1.807, 2.05) is 85.2 Å². The number of hydrogen-bond acceptors (Lipinski definition) is 2. The summed E-state index contributed by atoms with van der Waals surface area (Å²) in [4.78, 5) is 9.22. The molecule has 0 radical (unpaired) electrons. The van der Waals surface area contributed by atoms with Crippen LogP contribution in [0.4, 0.5) is 0 Å². The SMILES string of the molecule is Clc1ccc(C=Cc2n(-c3ccccn3)c3ccccc3[n+]2-c2ccccn2)cc1. The first-order valence-electron chi connectivity index (χ1n) is 9.63. The summed E-state index contributed by atoms with van der Waals surface area (Å²) in [6.07, 6.45) is 7.78. The number of hydrogen-bond donors (Lipinski definition) is 0. The Kier molecular flexibility index (Phi) is 4.83. The molecule has 2 aromatic carbocycles. The number of halogens is 1. The van der Waals surface area contributed by atoms with Crippen LogP contribution in [0.2, 0.25) is 5.02 Å². The van der Waals surface area contributed by atoms with E-state index in [0.717, 1.165) is 39.1 Å². The van der Waals surface area contributed by atoms with Crippen molar-refractivity contribution in [2.24, 2.45) is 0 Å². The molecule has 0 amide bonds. The van der Waals surface area contributed by atoms with Crippen molar-refractivity contribution in [2.75, 3.05) is 0 Å². The van der Waals surface area contributed by atoms with E-state index in [9.17, 15) is 0 Å². The van der Waals surface area contributed by atoms with E-state index in [1.165, 1.54) is 0 Å². The number of para-hydroxylation sites is 2. The van der Waals surface area contributed by atoms with E-state index in [2.05, 4.69) is 43.4 Å². The summed E-state index contributed by atoms with van der Waals surface area (Å²) in [5.74, 6) is 2.64. The number of fused-ring (bicyclic) bond motifs is 1. The molecule has 0 aliphatic carbocycles. The molecule has 0 bridgehead atoms. The third kappa shape index (κ3) is 3.38. The maximum absolute atomic E-state index is 6.04. The lowest BCUT2D eigenvalue weighted by Crippen LogP contribution is -2.34. The van der Waals surface area contributed by atoms with Crippen LogP contribution in [0.15, 0.2) is 97.3 Å². The van der Waals surface area contributed by atoms with E-state index in [1.54, 1.807) is 0 Å². The van der Waals surface area contributed by atoms with Gasteiger partial charge in [0.1, 0.15) is 17.2 Å². The van der Waals surface area contributed by atoms with Crippen molar-refractivity contribution < 1.29 is 4.57 Å². The summed E-state index contributed by atoms with van der Waals surface area (Å²) in [6.45, 7) is 0. The molecule has 0 aliphatic rings. The molecule has 0 atom stereocenters. The molecule has 4 nitrogen and oxygen atoms in total. The van der Waals surface area contributed by atoms with Gasteiger partial charge in [0, 0.05) is 23.4 Å². The van der Waals surface area contributed by atoms with Gasteiger partial charge in [-0.2, -0.15) is 4.57 Å². The zero-order valence-electron chi connectivity index (χ0n) is 16.1. The van der Waals surface area contributed by atoms with Crippen LogP contribution in [0.25, 0.3) is 34.8 Å². The lowest BCUT2D eigenvalue weighted by molar-refractivity contribution is -0.574. The van der Waals surface area contributed by atoms with E-state index in [0.29, 0.717) is 0 Å². The van der Waals surface area contributed by atoms with Crippen LogP contribution >= 0.6 is 11.6 Å². The largest absolute Gasteiger partial charge is 0.267 e. The summed E-state index contributed by atoms with van der Waals surface area (Å²) >= 11 is 6.04. The molecule has 0 unspecified atom stereocenters. The Morgan fingerprint density at radius 3 is 2.20 bits per heavy atom. The fraction of sp³-hybridized carbons (Fsp3) is 0. The molecular weight excluding hydrogens is 392 g/mol. The van der Waals surface area contributed by atoms with Crippen molar-refractivity contribution in [1.29, 1.82) is 0 Å². The second kappa shape index (κ2) is 7.93. The first kappa shape index (κ1) is 18.3. The van der Waals surface area contributed by atoms with Crippen LogP contribution in [-0.4, -0.2) is 14.5 Å². The molecule has 3 heterocycles. The maximum Gasteiger partial charge on any atom is 0.267 e. The highest BCUT2D eigenvalue weighted by atomic mass is 35.5. The van der Waals surface area contributed by atoms with Crippen molar-refractivity contribution in [2.45, 2.75) is 0 Å². The number of aromatic nitrogens is 4. The first-order chi connectivity index (χ1) is 14.8. The van der Waals surface area contributed by atoms with Gasteiger partial charge in [-0.3, -0.25) is 0 Å². The number of benzene rings is 2. The van der Waals surface area contributed by atoms with E-state index in [-0.39, 0.29) is 0 Å². The predicted octanol–water partition coefficient (Wildman–Crippen LogP) is 5.52. The standard InChI is InChI=1S/C25H18ClN4/c26-20-14-11-19(12-15-20)13-16-25-29(23-9-3-5-17-27-23)21-7-1-2-8-22(21)30(25)24-10-4-6-18-28-24/h1-18H/q+1. The van der Waals surface area contributed by atoms with E-state index >= 15 is 0 Å². The molecule has 0 spiro atoms. The van der Waals surface area contributed by atoms with Gasteiger partial charge in [-0.15, -0.1) is 4.98 Å². The van der Waals surface area contributed by atoms with Crippen LogP contribution in [0.1, 0.15) is 11.4 Å². The summed E-state index contributed by atoms with van der Waals surface area (Å²) < 4.78 is 4.30. The quantitative estimate of drug-likeness (QED) is 0.366. The van der Waals surface area contributed by atoms with Crippen molar-refractivity contribution >= 4 is 34.8 Å². The van der Waals surface area contributed by atoms with Crippen molar-refractivity contribution in [3.8, 4) is 11.6 Å². The highest BCUT2D eigenvalue weighted by molar-refractivity contribution is 6.30. The minimum atomic E-state index is 0.721. The monoisotopic (exact) mass is 409 g/mol. The van der Waals surface area contributed by atoms with Crippen LogP contribution in [0.3, 0.4) is 0 Å². The fourth-order valence-electron chi connectivity index (χ4n) is 3.54. The Labute approximate surface area is 179 Å². The zero-order valence-corrected chi connectivity index (χ0v) is 16.8. The molecule has 0 aliphatic heterocycles. The first-order valence-corrected chi connectivity index (χ1v) is 10.0. The van der Waals surface area contributed by atoms with Gasteiger partial charge in [-0.05, 0) is 54.1 Å². The predicted molar refractivity (Wildman–Crippen MR) is 121 cm³/mol. The molecule has 5 heteroatoms. The molecule has 0 N–H and O–H groups in total. The normalized spacial score (nSPS) is 11.4. The average molecular weight is 410 g/mol. The van der Waals surface area contributed by atoms with Gasteiger partial charge in [-0.1, -0.05) is 48.0 Å². The van der Waals surface area contributed by atoms with Crippen molar-refractivity contribution in [1.82, 2.24) is 14.5 Å². The van der Waals surface area contributed by atoms with Crippen LogP contribution < -0.4 is 4.57 Å². The third-order valence-corrected chi connectivity index (χ3v) is 5.13. The smallest absolute Gasteiger partial charge is 0.225 e. The molecule has 0 fully saturated rings. The molecule has 144 valence electrons. The lowest BCUT2D eigenvalue weighted by atomic mass is 10.2. The molecule has 5 rings (SSSR count). The Bertz CT molecular complexity index is 1250. The Balaban J connectivity index is 1.81. The minimum Gasteiger partial charge on any atom is -0.225 e. The molecule has 0 saturated heterocycles. The highest BCUT2D eigenvalue weighted by Crippen LogP contribution is 2.22. The lowest BCUT2D eigenvalue weighted by Gasteiger charge is -2.03. The minimum absolute atomic E-state index is 0.721. The van der Waals surface area contributed by atoms with Gasteiger partial charge < -0.3 is 0 Å². The van der Waals surface area contributed by atoms with Gasteiger partial charge in [0.2, 0.25) is 5.82 Å². The Morgan fingerprint density at radius 1 is 0.733 bits per heavy atom. The van der Waals surface area contributed by atoms with Crippen molar-refractivity contribution in [3.05, 3.63) is 114 Å². The molecule has 3 aromatic heterocycles. The number of pyridine rings is 2. The highest BCUT2D eigenvalue weighted by Gasteiger charge is 2.24. The summed E-state index contributed by atoms with van der Waals surface area (Å²) in [5.41, 5.74) is 3.17. The summed E-state index contributed by atoms with van der Waals surface area (Å²) in [7, 11) is 0. The van der Waals surface area contributed by atoms with Gasteiger partial charge in [0.25, 0.3) is 5.82 Å². The topological polar surface area (TPSA) is 34.6 Å². The Hall–Kier alpha value is -3.76. The average Bonchev–Trinajstić information content (AvgIpc) is 3.14. The third-order valence-electron chi connectivity index (χ3n) is 4.87. The summed E-state index contributed by atoms with van der Waals surface area (Å²) in [5, 5.41) is 0.721. The molecule has 0 saturated carbocycles. The van der Waals surface area contributed by atoms with Crippen LogP contribution in [-0.2, 0) is 0 Å². The van der Waals surface area contributed by atoms with Crippen LogP contribution in [0.5, 0.6) is 0 Å². The van der Waals surface area contributed by atoms with E-state index < -0.39 is 0 Å². The van der Waals surface area contributed by atoms with Gasteiger partial charge in [-0.25, -0.2) is 9.55 Å². The molecular formula is C25H18ClN4+.